The van der Waals surface area contributed by atoms with Crippen LogP contribution in [0, 0.1) is 5.92 Å². The Morgan fingerprint density at radius 1 is 1.29 bits per heavy atom. The molecule has 0 spiro atoms. The molecule has 1 saturated heterocycles. The summed E-state index contributed by atoms with van der Waals surface area (Å²) in [6.45, 7) is 1.45. The van der Waals surface area contributed by atoms with Crippen LogP contribution in [0.3, 0.4) is 0 Å². The Labute approximate surface area is 142 Å². The summed E-state index contributed by atoms with van der Waals surface area (Å²) in [4.78, 5) is 17.8. The van der Waals surface area contributed by atoms with Crippen molar-refractivity contribution in [3.63, 3.8) is 0 Å². The molecular weight excluding hydrogens is 300 g/mol. The number of hydrogen-bond donors (Lipinski definition) is 2. The van der Waals surface area contributed by atoms with E-state index >= 15 is 0 Å². The van der Waals surface area contributed by atoms with Gasteiger partial charge < -0.3 is 15.0 Å². The van der Waals surface area contributed by atoms with E-state index in [9.17, 15) is 9.90 Å². The van der Waals surface area contributed by atoms with Crippen LogP contribution in [-0.2, 0) is 11.2 Å². The molecule has 2 aromatic rings. The van der Waals surface area contributed by atoms with Crippen molar-refractivity contribution in [2.75, 3.05) is 13.1 Å². The van der Waals surface area contributed by atoms with Crippen molar-refractivity contribution in [1.82, 2.24) is 9.88 Å². The van der Waals surface area contributed by atoms with E-state index in [-0.39, 0.29) is 11.8 Å². The molecule has 2 atom stereocenters. The Morgan fingerprint density at radius 3 is 3.12 bits per heavy atom. The summed E-state index contributed by atoms with van der Waals surface area (Å²) >= 11 is 0. The largest absolute Gasteiger partial charge is 0.389 e. The summed E-state index contributed by atoms with van der Waals surface area (Å²) in [5.74, 6) is 0.511. The summed E-state index contributed by atoms with van der Waals surface area (Å²) in [7, 11) is 0. The number of carbonyl (C=O) groups is 1. The molecule has 1 aromatic heterocycles. The molecule has 0 radical (unpaired) electrons. The number of nitrogens with one attached hydrogen (secondary N) is 1. The maximum absolute atomic E-state index is 12.6. The van der Waals surface area contributed by atoms with Crippen molar-refractivity contribution >= 4 is 16.8 Å². The van der Waals surface area contributed by atoms with E-state index in [0.717, 1.165) is 44.2 Å². The Hall–Kier alpha value is -1.81. The molecule has 128 valence electrons. The number of piperidine rings is 1. The highest BCUT2D eigenvalue weighted by Gasteiger charge is 2.43. The second-order valence-corrected chi connectivity index (χ2v) is 7.54. The minimum atomic E-state index is -0.506. The summed E-state index contributed by atoms with van der Waals surface area (Å²) in [5, 5.41) is 11.9. The van der Waals surface area contributed by atoms with Crippen LogP contribution in [0.2, 0.25) is 0 Å². The van der Waals surface area contributed by atoms with Gasteiger partial charge in [-0.3, -0.25) is 4.79 Å². The van der Waals surface area contributed by atoms with Crippen LogP contribution >= 0.6 is 0 Å². The van der Waals surface area contributed by atoms with Crippen LogP contribution < -0.4 is 0 Å². The van der Waals surface area contributed by atoms with Gasteiger partial charge in [0.1, 0.15) is 0 Å². The molecule has 1 aliphatic heterocycles. The average Bonchev–Trinajstić information content (AvgIpc) is 3.06. The Balaban J connectivity index is 1.36. The lowest BCUT2D eigenvalue weighted by Gasteiger charge is -2.47. The Bertz CT molecular complexity index is 738. The standard InChI is InChI=1S/C20H26N2O2/c23-19(7-5-15-4-6-18-16(13-15)8-11-21-18)22-12-10-20(24)9-2-1-3-17(20)14-22/h4,6,8,11,13,17,21,24H,1-3,5,7,9-10,12,14H2. The molecular formula is C20H26N2O2. The second-order valence-electron chi connectivity index (χ2n) is 7.54. The van der Waals surface area contributed by atoms with Gasteiger partial charge in [0.25, 0.3) is 0 Å². The third-order valence-electron chi connectivity index (χ3n) is 6.03. The van der Waals surface area contributed by atoms with Gasteiger partial charge in [0.05, 0.1) is 5.60 Å². The number of amides is 1. The smallest absolute Gasteiger partial charge is 0.222 e. The number of H-pyrrole nitrogens is 1. The lowest BCUT2D eigenvalue weighted by Crippen LogP contribution is -2.54. The van der Waals surface area contributed by atoms with E-state index in [1.54, 1.807) is 0 Å². The summed E-state index contributed by atoms with van der Waals surface area (Å²) in [6, 6.07) is 8.41. The second kappa shape index (κ2) is 6.25. The first-order valence-corrected chi connectivity index (χ1v) is 9.20. The number of likely N-dealkylation sites (tertiary alicyclic amines) is 1. The van der Waals surface area contributed by atoms with Crippen molar-refractivity contribution < 1.29 is 9.90 Å². The molecule has 4 nitrogen and oxygen atoms in total. The highest BCUT2D eigenvalue weighted by Crippen LogP contribution is 2.39. The zero-order valence-corrected chi connectivity index (χ0v) is 14.1. The number of nitrogens with zero attached hydrogens (tertiary/aromatic N) is 1. The predicted octanol–water partition coefficient (Wildman–Crippen LogP) is 3.25. The fraction of sp³-hybridized carbons (Fsp3) is 0.550. The summed E-state index contributed by atoms with van der Waals surface area (Å²) in [6.07, 6.45) is 8.32. The molecule has 4 rings (SSSR count). The van der Waals surface area contributed by atoms with E-state index in [1.165, 1.54) is 17.4 Å². The summed E-state index contributed by atoms with van der Waals surface area (Å²) in [5.41, 5.74) is 1.84. The normalized spacial score (nSPS) is 27.2. The molecule has 2 fully saturated rings. The molecule has 2 heterocycles. The van der Waals surface area contributed by atoms with Crippen LogP contribution in [0.4, 0.5) is 0 Å². The molecule has 1 saturated carbocycles. The molecule has 24 heavy (non-hydrogen) atoms. The van der Waals surface area contributed by atoms with E-state index in [1.807, 2.05) is 11.1 Å². The van der Waals surface area contributed by atoms with Crippen LogP contribution in [0.5, 0.6) is 0 Å². The Kier molecular flexibility index (Phi) is 4.09. The van der Waals surface area contributed by atoms with Gasteiger partial charge in [-0.2, -0.15) is 0 Å². The third-order valence-corrected chi connectivity index (χ3v) is 6.03. The molecule has 1 aliphatic carbocycles. The molecule has 0 bridgehead atoms. The quantitative estimate of drug-likeness (QED) is 0.909. The highest BCUT2D eigenvalue weighted by molar-refractivity contribution is 5.80. The average molecular weight is 326 g/mol. The minimum absolute atomic E-state index is 0.233. The predicted molar refractivity (Wildman–Crippen MR) is 94.7 cm³/mol. The minimum Gasteiger partial charge on any atom is -0.389 e. The van der Waals surface area contributed by atoms with Gasteiger partial charge in [-0.25, -0.2) is 0 Å². The van der Waals surface area contributed by atoms with Gasteiger partial charge >= 0.3 is 0 Å². The third kappa shape index (κ3) is 2.95. The van der Waals surface area contributed by atoms with Crippen molar-refractivity contribution in [2.24, 2.45) is 5.92 Å². The van der Waals surface area contributed by atoms with Gasteiger partial charge in [-0.15, -0.1) is 0 Å². The number of benzene rings is 1. The van der Waals surface area contributed by atoms with Gasteiger partial charge in [0.15, 0.2) is 0 Å². The molecule has 2 N–H and O–H groups in total. The van der Waals surface area contributed by atoms with Crippen molar-refractivity contribution in [3.8, 4) is 0 Å². The zero-order valence-electron chi connectivity index (χ0n) is 14.1. The van der Waals surface area contributed by atoms with Crippen molar-refractivity contribution in [1.29, 1.82) is 0 Å². The molecule has 4 heteroatoms. The first-order chi connectivity index (χ1) is 11.6. The van der Waals surface area contributed by atoms with Crippen molar-refractivity contribution in [2.45, 2.75) is 50.5 Å². The first-order valence-electron chi connectivity index (χ1n) is 9.20. The van der Waals surface area contributed by atoms with Crippen LogP contribution in [0.25, 0.3) is 10.9 Å². The SMILES string of the molecule is O=C(CCc1ccc2[nH]ccc2c1)N1CCC2(O)CCCCC2C1. The number of hydrogen-bond acceptors (Lipinski definition) is 2. The van der Waals surface area contributed by atoms with E-state index in [0.29, 0.717) is 13.0 Å². The summed E-state index contributed by atoms with van der Waals surface area (Å²) < 4.78 is 0. The maximum Gasteiger partial charge on any atom is 0.222 e. The number of fused-ring (bicyclic) bond motifs is 2. The number of carbonyl (C=O) groups excluding carboxylic acids is 1. The van der Waals surface area contributed by atoms with Crippen molar-refractivity contribution in [3.05, 3.63) is 36.0 Å². The van der Waals surface area contributed by atoms with Gasteiger partial charge in [0, 0.05) is 37.1 Å². The van der Waals surface area contributed by atoms with E-state index in [4.69, 9.17) is 0 Å². The fourth-order valence-corrected chi connectivity index (χ4v) is 4.47. The number of aryl methyl sites for hydroxylation is 1. The van der Waals surface area contributed by atoms with Gasteiger partial charge in [-0.05, 0) is 54.8 Å². The lowest BCUT2D eigenvalue weighted by molar-refractivity contribution is -0.143. The fourth-order valence-electron chi connectivity index (χ4n) is 4.47. The van der Waals surface area contributed by atoms with Gasteiger partial charge in [0.2, 0.25) is 5.91 Å². The van der Waals surface area contributed by atoms with E-state index < -0.39 is 5.60 Å². The van der Waals surface area contributed by atoms with Crippen LogP contribution in [0.15, 0.2) is 30.5 Å². The number of aliphatic hydroxyl groups is 1. The highest BCUT2D eigenvalue weighted by atomic mass is 16.3. The van der Waals surface area contributed by atoms with Gasteiger partial charge in [-0.1, -0.05) is 18.9 Å². The lowest BCUT2D eigenvalue weighted by atomic mass is 9.71. The molecule has 1 amide bonds. The topological polar surface area (TPSA) is 56.3 Å². The van der Waals surface area contributed by atoms with Crippen LogP contribution in [0.1, 0.15) is 44.1 Å². The number of rotatable bonds is 3. The Morgan fingerprint density at radius 2 is 2.21 bits per heavy atom. The monoisotopic (exact) mass is 326 g/mol. The zero-order chi connectivity index (χ0) is 16.6. The van der Waals surface area contributed by atoms with E-state index in [2.05, 4.69) is 29.2 Å². The number of aromatic amines is 1. The van der Waals surface area contributed by atoms with Crippen LogP contribution in [-0.4, -0.2) is 39.6 Å². The molecule has 2 unspecified atom stereocenters. The number of aromatic nitrogens is 1. The maximum atomic E-state index is 12.6. The molecule has 2 aliphatic rings. The first kappa shape index (κ1) is 15.7. The molecule has 1 aromatic carbocycles.